The average molecular weight is 563 g/mol. The molecule has 1 amide bonds. The van der Waals surface area contributed by atoms with Crippen molar-refractivity contribution in [2.75, 3.05) is 12.4 Å². The van der Waals surface area contributed by atoms with Crippen molar-refractivity contribution in [1.82, 2.24) is 4.90 Å². The lowest BCUT2D eigenvalue weighted by Gasteiger charge is -2.35. The van der Waals surface area contributed by atoms with Gasteiger partial charge in [0.1, 0.15) is 6.04 Å². The van der Waals surface area contributed by atoms with Gasteiger partial charge in [-0.2, -0.15) is 5.26 Å². The monoisotopic (exact) mass is 561 g/mol. The first-order valence-corrected chi connectivity index (χ1v) is 12.4. The van der Waals surface area contributed by atoms with E-state index in [1.807, 2.05) is 59.5 Å². The van der Waals surface area contributed by atoms with Crippen molar-refractivity contribution in [2.24, 2.45) is 5.41 Å². The summed E-state index contributed by atoms with van der Waals surface area (Å²) in [6, 6.07) is 22.4. The summed E-state index contributed by atoms with van der Waals surface area (Å²) in [5, 5.41) is 14.2. The molecule has 1 unspecified atom stereocenters. The quantitative estimate of drug-likeness (QED) is 0.399. The predicted molar refractivity (Wildman–Crippen MR) is 141 cm³/mol. The van der Waals surface area contributed by atoms with Crippen molar-refractivity contribution >= 4 is 51.2 Å². The Bertz CT molecular complexity index is 1400. The van der Waals surface area contributed by atoms with E-state index in [0.29, 0.717) is 16.3 Å². The normalized spacial score (nSPS) is 23.8. The van der Waals surface area contributed by atoms with Gasteiger partial charge in [0, 0.05) is 27.3 Å². The average Bonchev–Trinajstić information content (AvgIpc) is 3.22. The van der Waals surface area contributed by atoms with E-state index >= 15 is 0 Å². The molecule has 0 spiro atoms. The Labute approximate surface area is 222 Å². The van der Waals surface area contributed by atoms with Crippen molar-refractivity contribution in [3.05, 3.63) is 105 Å². The van der Waals surface area contributed by atoms with Gasteiger partial charge in [0.2, 0.25) is 5.91 Å². The highest BCUT2D eigenvalue weighted by atomic mass is 79.9. The number of halogens is 2. The molecule has 0 aliphatic carbocycles. The minimum Gasteiger partial charge on any atom is -0.468 e. The SMILES string of the molecule is COC(=O)[C@@]1(C#N)C2c3ccccc3C=CN2[C@@H](C(=O)Nc2ccc(Cl)cc2)[C@@H]1c1ccc(Br)cc1. The molecule has 3 aromatic rings. The van der Waals surface area contributed by atoms with Crippen LogP contribution in [0.3, 0.4) is 0 Å². The number of nitriles is 1. The molecule has 5 rings (SSSR count). The Morgan fingerprint density at radius 2 is 1.78 bits per heavy atom. The highest BCUT2D eigenvalue weighted by Crippen LogP contribution is 2.60. The molecule has 0 saturated carbocycles. The maximum atomic E-state index is 13.9. The van der Waals surface area contributed by atoms with Crippen LogP contribution in [0.2, 0.25) is 5.02 Å². The molecule has 1 N–H and O–H groups in total. The van der Waals surface area contributed by atoms with E-state index in [4.69, 9.17) is 16.3 Å². The molecule has 0 bridgehead atoms. The third-order valence-corrected chi connectivity index (χ3v) is 7.67. The topological polar surface area (TPSA) is 82.4 Å². The van der Waals surface area contributed by atoms with E-state index in [1.54, 1.807) is 30.5 Å². The lowest BCUT2D eigenvalue weighted by molar-refractivity contribution is -0.151. The molecular weight excluding hydrogens is 542 g/mol. The first-order chi connectivity index (χ1) is 17.4. The fraction of sp³-hybridized carbons (Fsp3) is 0.179. The van der Waals surface area contributed by atoms with Gasteiger partial charge >= 0.3 is 5.97 Å². The lowest BCUT2D eigenvalue weighted by atomic mass is 9.67. The molecule has 180 valence electrons. The van der Waals surface area contributed by atoms with E-state index in [9.17, 15) is 14.9 Å². The first kappa shape index (κ1) is 24.1. The highest BCUT2D eigenvalue weighted by Gasteiger charge is 2.67. The molecule has 2 heterocycles. The summed E-state index contributed by atoms with van der Waals surface area (Å²) in [6.45, 7) is 0. The summed E-state index contributed by atoms with van der Waals surface area (Å²) >= 11 is 9.47. The van der Waals surface area contributed by atoms with Crippen molar-refractivity contribution in [1.29, 1.82) is 5.26 Å². The van der Waals surface area contributed by atoms with Crippen molar-refractivity contribution in [2.45, 2.75) is 18.0 Å². The van der Waals surface area contributed by atoms with Gasteiger partial charge in [0.15, 0.2) is 5.41 Å². The second-order valence-corrected chi connectivity index (χ2v) is 10.1. The van der Waals surface area contributed by atoms with Crippen LogP contribution in [-0.4, -0.2) is 29.9 Å². The van der Waals surface area contributed by atoms with Crippen LogP contribution >= 0.6 is 27.5 Å². The zero-order valence-corrected chi connectivity index (χ0v) is 21.5. The fourth-order valence-electron chi connectivity index (χ4n) is 5.38. The summed E-state index contributed by atoms with van der Waals surface area (Å²) in [6.07, 6.45) is 3.70. The summed E-state index contributed by atoms with van der Waals surface area (Å²) in [4.78, 5) is 29.4. The van der Waals surface area contributed by atoms with Crippen LogP contribution in [-0.2, 0) is 14.3 Å². The number of carbonyl (C=O) groups is 2. The Morgan fingerprint density at radius 1 is 1.08 bits per heavy atom. The summed E-state index contributed by atoms with van der Waals surface area (Å²) in [7, 11) is 1.27. The number of nitrogens with zero attached hydrogens (tertiary/aromatic N) is 2. The van der Waals surface area contributed by atoms with E-state index in [-0.39, 0.29) is 5.91 Å². The molecule has 2 aliphatic heterocycles. The maximum Gasteiger partial charge on any atom is 0.329 e. The van der Waals surface area contributed by atoms with Crippen LogP contribution in [0.1, 0.15) is 28.7 Å². The van der Waals surface area contributed by atoms with Gasteiger partial charge in [-0.1, -0.05) is 63.9 Å². The van der Waals surface area contributed by atoms with Crippen LogP contribution in [0.5, 0.6) is 0 Å². The first-order valence-electron chi connectivity index (χ1n) is 11.3. The summed E-state index contributed by atoms with van der Waals surface area (Å²) in [5.41, 5.74) is 1.23. The van der Waals surface area contributed by atoms with Gasteiger partial charge < -0.3 is 15.0 Å². The number of hydrogen-bond acceptors (Lipinski definition) is 5. The van der Waals surface area contributed by atoms with Gasteiger partial charge in [-0.15, -0.1) is 0 Å². The predicted octanol–water partition coefficient (Wildman–Crippen LogP) is 5.92. The molecule has 6 nitrogen and oxygen atoms in total. The standard InChI is InChI=1S/C28H21BrClN3O3/c1-36-27(35)28(16-31)23(18-6-8-19(29)9-7-18)24(26(34)32-21-12-10-20(30)11-13-21)33-15-14-17-4-2-3-5-22(17)25(28)33/h2-15,23-25H,1H3,(H,32,34)/t23-,24+,25?,28+/m0/s1. The number of carbonyl (C=O) groups excluding carboxylic acids is 2. The number of benzene rings is 3. The fourth-order valence-corrected chi connectivity index (χ4v) is 5.78. The highest BCUT2D eigenvalue weighted by molar-refractivity contribution is 9.10. The van der Waals surface area contributed by atoms with Crippen molar-refractivity contribution < 1.29 is 14.3 Å². The molecular formula is C28H21BrClN3O3. The minimum absolute atomic E-state index is 0.347. The number of rotatable bonds is 4. The van der Waals surface area contributed by atoms with Gasteiger partial charge in [-0.25, -0.2) is 0 Å². The molecule has 36 heavy (non-hydrogen) atoms. The third kappa shape index (κ3) is 3.78. The van der Waals surface area contributed by atoms with Gasteiger partial charge in [0.25, 0.3) is 0 Å². The Morgan fingerprint density at radius 3 is 2.44 bits per heavy atom. The number of amides is 1. The van der Waals surface area contributed by atoms with E-state index < -0.39 is 29.4 Å². The van der Waals surface area contributed by atoms with E-state index in [0.717, 1.165) is 15.6 Å². The Hall–Kier alpha value is -3.60. The van der Waals surface area contributed by atoms with Gasteiger partial charge in [0.05, 0.1) is 19.2 Å². The number of ether oxygens (including phenoxy) is 1. The maximum absolute atomic E-state index is 13.9. The van der Waals surface area contributed by atoms with Crippen molar-refractivity contribution in [3.63, 3.8) is 0 Å². The molecule has 1 fully saturated rings. The van der Waals surface area contributed by atoms with Crippen LogP contribution in [0.15, 0.2) is 83.5 Å². The van der Waals surface area contributed by atoms with E-state index in [1.165, 1.54) is 7.11 Å². The van der Waals surface area contributed by atoms with Crippen LogP contribution in [0, 0.1) is 16.7 Å². The zero-order valence-electron chi connectivity index (χ0n) is 19.2. The second-order valence-electron chi connectivity index (χ2n) is 8.74. The molecule has 0 aromatic heterocycles. The third-order valence-electron chi connectivity index (χ3n) is 6.89. The smallest absolute Gasteiger partial charge is 0.329 e. The van der Waals surface area contributed by atoms with Crippen LogP contribution in [0.4, 0.5) is 5.69 Å². The lowest BCUT2D eigenvalue weighted by Crippen LogP contribution is -2.42. The van der Waals surface area contributed by atoms with Crippen LogP contribution < -0.4 is 5.32 Å². The second kappa shape index (κ2) is 9.45. The summed E-state index contributed by atoms with van der Waals surface area (Å²) < 4.78 is 6.10. The number of fused-ring (bicyclic) bond motifs is 3. The molecule has 4 atom stereocenters. The number of nitrogens with one attached hydrogen (secondary N) is 1. The number of methoxy groups -OCH3 is 1. The van der Waals surface area contributed by atoms with Crippen LogP contribution in [0.25, 0.3) is 6.08 Å². The van der Waals surface area contributed by atoms with Crippen molar-refractivity contribution in [3.8, 4) is 6.07 Å². The Kier molecular flexibility index (Phi) is 6.33. The minimum atomic E-state index is -1.69. The molecule has 1 saturated heterocycles. The number of anilines is 1. The largest absolute Gasteiger partial charge is 0.468 e. The molecule has 2 aliphatic rings. The molecule has 8 heteroatoms. The molecule has 3 aromatic carbocycles. The number of hydrogen-bond donors (Lipinski definition) is 1. The number of esters is 1. The molecule has 0 radical (unpaired) electrons. The van der Waals surface area contributed by atoms with Gasteiger partial charge in [-0.3, -0.25) is 9.59 Å². The van der Waals surface area contributed by atoms with E-state index in [2.05, 4.69) is 27.3 Å². The van der Waals surface area contributed by atoms with Gasteiger partial charge in [-0.05, 0) is 59.2 Å². The summed E-state index contributed by atoms with van der Waals surface area (Å²) in [5.74, 6) is -1.85. The Balaban J connectivity index is 1.72. The zero-order chi connectivity index (χ0) is 25.4.